The molecular weight excluding hydrogens is 174 g/mol. The Hall–Kier alpha value is -1.79. The zero-order chi connectivity index (χ0) is 10.4. The summed E-state index contributed by atoms with van der Waals surface area (Å²) in [5.41, 5.74) is 8.91. The summed E-state index contributed by atoms with van der Waals surface area (Å²) in [5, 5.41) is 0. The third-order valence-corrected chi connectivity index (χ3v) is 1.98. The van der Waals surface area contributed by atoms with Crippen molar-refractivity contribution in [2.45, 2.75) is 6.42 Å². The maximum Gasteiger partial charge on any atom is 0.225 e. The number of carbonyl (C=O) groups excluding carboxylic acids is 1. The quantitative estimate of drug-likeness (QED) is 0.716. The molecule has 0 fully saturated rings. The molecule has 1 aromatic rings. The monoisotopic (exact) mass is 187 g/mol. The molecule has 72 valence electrons. The van der Waals surface area contributed by atoms with E-state index in [4.69, 9.17) is 5.73 Å². The van der Waals surface area contributed by atoms with Gasteiger partial charge in [-0.2, -0.15) is 0 Å². The molecule has 0 unspecified atom stereocenters. The molecule has 2 heteroatoms. The second-order valence-corrected chi connectivity index (χ2v) is 3.07. The van der Waals surface area contributed by atoms with Crippen molar-refractivity contribution in [1.29, 1.82) is 0 Å². The number of benzene rings is 1. The van der Waals surface area contributed by atoms with Gasteiger partial charge in [-0.1, -0.05) is 36.9 Å². The first kappa shape index (κ1) is 10.3. The molecule has 0 aliphatic rings. The van der Waals surface area contributed by atoms with E-state index in [1.807, 2.05) is 30.3 Å². The highest BCUT2D eigenvalue weighted by atomic mass is 16.1. The van der Waals surface area contributed by atoms with Gasteiger partial charge in [0.1, 0.15) is 0 Å². The lowest BCUT2D eigenvalue weighted by molar-refractivity contribution is -0.120. The Labute approximate surface area is 83.7 Å². The molecule has 2 nitrogen and oxygen atoms in total. The average Bonchev–Trinajstić information content (AvgIpc) is 2.18. The van der Waals surface area contributed by atoms with Crippen LogP contribution < -0.4 is 5.73 Å². The van der Waals surface area contributed by atoms with E-state index in [0.29, 0.717) is 6.42 Å². The summed E-state index contributed by atoms with van der Waals surface area (Å²) in [7, 11) is 0. The molecule has 0 radical (unpaired) electrons. The van der Waals surface area contributed by atoms with Gasteiger partial charge in [0.2, 0.25) is 5.91 Å². The highest BCUT2D eigenvalue weighted by Gasteiger charge is 2.11. The molecule has 0 heterocycles. The van der Waals surface area contributed by atoms with Crippen LogP contribution in [0.3, 0.4) is 0 Å². The summed E-state index contributed by atoms with van der Waals surface area (Å²) in [6, 6.07) is 9.74. The van der Waals surface area contributed by atoms with Crippen molar-refractivity contribution >= 4 is 5.91 Å². The van der Waals surface area contributed by atoms with Crippen molar-refractivity contribution in [3.05, 3.63) is 54.3 Å². The number of nitrogens with two attached hydrogens (primary N) is 1. The summed E-state index contributed by atoms with van der Waals surface area (Å²) < 4.78 is 0. The fraction of sp³-hybridized carbons (Fsp3) is 0.167. The van der Waals surface area contributed by atoms with E-state index in [9.17, 15) is 4.79 Å². The predicted octanol–water partition coefficient (Wildman–Crippen LogP) is 1.67. The highest BCUT2D eigenvalue weighted by Crippen LogP contribution is 2.09. The van der Waals surface area contributed by atoms with E-state index < -0.39 is 0 Å². The van der Waals surface area contributed by atoms with Gasteiger partial charge in [-0.05, 0) is 18.1 Å². The minimum absolute atomic E-state index is 0.310. The molecule has 14 heavy (non-hydrogen) atoms. The van der Waals surface area contributed by atoms with Crippen LogP contribution in [0.4, 0.5) is 0 Å². The van der Waals surface area contributed by atoms with Crippen LogP contribution in [-0.4, -0.2) is 5.91 Å². The second kappa shape index (κ2) is 5.05. The number of primary amides is 1. The van der Waals surface area contributed by atoms with E-state index in [0.717, 1.165) is 5.56 Å². The van der Waals surface area contributed by atoms with Crippen LogP contribution in [0, 0.1) is 5.92 Å². The summed E-state index contributed by atoms with van der Waals surface area (Å²) in [6.45, 7) is 3.44. The summed E-state index contributed by atoms with van der Waals surface area (Å²) >= 11 is 0. The smallest absolute Gasteiger partial charge is 0.225 e. The van der Waals surface area contributed by atoms with Gasteiger partial charge in [0.25, 0.3) is 0 Å². The van der Waals surface area contributed by atoms with Gasteiger partial charge in [-0.3, -0.25) is 4.79 Å². The Kier molecular flexibility index (Phi) is 3.71. The first-order chi connectivity index (χ1) is 6.74. The molecule has 0 spiro atoms. The van der Waals surface area contributed by atoms with E-state index >= 15 is 0 Å². The second-order valence-electron chi connectivity index (χ2n) is 3.07. The van der Waals surface area contributed by atoms with E-state index in [1.54, 1.807) is 6.08 Å². The molecule has 2 N–H and O–H groups in total. The van der Waals surface area contributed by atoms with E-state index in [1.165, 1.54) is 0 Å². The summed E-state index contributed by atoms with van der Waals surface area (Å²) in [4.78, 5) is 11.0. The van der Waals surface area contributed by atoms with Crippen molar-refractivity contribution < 1.29 is 4.79 Å². The first-order valence-corrected chi connectivity index (χ1v) is 4.43. The lowest BCUT2D eigenvalue weighted by Gasteiger charge is -2.06. The molecule has 0 aliphatic heterocycles. The van der Waals surface area contributed by atoms with Crippen LogP contribution in [-0.2, 0) is 11.2 Å². The Morgan fingerprint density at radius 3 is 2.64 bits per heavy atom. The molecule has 1 rings (SSSR count). The maximum absolute atomic E-state index is 11.0. The molecule has 1 amide bonds. The van der Waals surface area contributed by atoms with Crippen LogP contribution in [0.2, 0.25) is 0 Å². The standard InChI is InChI=1S/C12H13NO/c1-2-6-11(12(13)14)9-10-7-4-3-5-8-10/h3-8,11H,1,9H2,(H2,13,14)/t11-/m0/s1. The first-order valence-electron chi connectivity index (χ1n) is 4.43. The normalized spacial score (nSPS) is 11.4. The zero-order valence-corrected chi connectivity index (χ0v) is 7.94. The number of carbonyl (C=O) groups is 1. The highest BCUT2D eigenvalue weighted by molar-refractivity contribution is 5.78. The van der Waals surface area contributed by atoms with Crippen molar-refractivity contribution in [1.82, 2.24) is 0 Å². The van der Waals surface area contributed by atoms with Crippen molar-refractivity contribution in [3.8, 4) is 0 Å². The van der Waals surface area contributed by atoms with Gasteiger partial charge in [-0.15, -0.1) is 5.73 Å². The van der Waals surface area contributed by atoms with Crippen molar-refractivity contribution in [2.75, 3.05) is 0 Å². The Morgan fingerprint density at radius 2 is 2.14 bits per heavy atom. The molecule has 0 saturated heterocycles. The molecule has 0 saturated carbocycles. The zero-order valence-electron chi connectivity index (χ0n) is 7.94. The van der Waals surface area contributed by atoms with E-state index in [2.05, 4.69) is 12.3 Å². The van der Waals surface area contributed by atoms with Crippen LogP contribution >= 0.6 is 0 Å². The van der Waals surface area contributed by atoms with Crippen molar-refractivity contribution in [2.24, 2.45) is 11.7 Å². The van der Waals surface area contributed by atoms with Gasteiger partial charge >= 0.3 is 0 Å². The molecule has 0 aromatic heterocycles. The fourth-order valence-electron chi connectivity index (χ4n) is 1.25. The topological polar surface area (TPSA) is 43.1 Å². The van der Waals surface area contributed by atoms with Crippen molar-refractivity contribution in [3.63, 3.8) is 0 Å². The minimum atomic E-state index is -0.343. The van der Waals surface area contributed by atoms with Crippen LogP contribution in [0.25, 0.3) is 0 Å². The van der Waals surface area contributed by atoms with Crippen LogP contribution in [0.5, 0.6) is 0 Å². The van der Waals surface area contributed by atoms with Gasteiger partial charge in [0.05, 0.1) is 5.92 Å². The fourth-order valence-corrected chi connectivity index (χ4v) is 1.25. The maximum atomic E-state index is 11.0. The number of hydrogen-bond donors (Lipinski definition) is 1. The lowest BCUT2D eigenvalue weighted by atomic mass is 9.99. The van der Waals surface area contributed by atoms with Gasteiger partial charge in [0, 0.05) is 0 Å². The molecule has 0 aliphatic carbocycles. The number of rotatable bonds is 4. The number of amides is 1. The van der Waals surface area contributed by atoms with Gasteiger partial charge < -0.3 is 5.73 Å². The predicted molar refractivity (Wildman–Crippen MR) is 56.5 cm³/mol. The van der Waals surface area contributed by atoms with Crippen LogP contribution in [0.15, 0.2) is 48.7 Å². The summed E-state index contributed by atoms with van der Waals surface area (Å²) in [6.07, 6.45) is 2.22. The third kappa shape index (κ3) is 2.92. The molecule has 1 aromatic carbocycles. The van der Waals surface area contributed by atoms with E-state index in [-0.39, 0.29) is 11.8 Å². The SMILES string of the molecule is C=C=C[C@@H](Cc1ccccc1)C(N)=O. The molecular formula is C12H13NO. The van der Waals surface area contributed by atoms with Gasteiger partial charge in [0.15, 0.2) is 0 Å². The summed E-state index contributed by atoms with van der Waals surface area (Å²) in [5.74, 6) is -0.653. The lowest BCUT2D eigenvalue weighted by Crippen LogP contribution is -2.23. The molecule has 0 bridgehead atoms. The Morgan fingerprint density at radius 1 is 1.50 bits per heavy atom. The Bertz CT molecular complexity index is 348. The number of hydrogen-bond acceptors (Lipinski definition) is 1. The average molecular weight is 187 g/mol. The van der Waals surface area contributed by atoms with Crippen LogP contribution in [0.1, 0.15) is 5.56 Å². The third-order valence-electron chi connectivity index (χ3n) is 1.98. The van der Waals surface area contributed by atoms with Gasteiger partial charge in [-0.25, -0.2) is 0 Å². The Balaban J connectivity index is 2.75. The largest absolute Gasteiger partial charge is 0.369 e. The minimum Gasteiger partial charge on any atom is -0.369 e. The molecule has 1 atom stereocenters.